The van der Waals surface area contributed by atoms with Gasteiger partial charge in [0.15, 0.2) is 0 Å². The summed E-state index contributed by atoms with van der Waals surface area (Å²) >= 11 is 0. The van der Waals surface area contributed by atoms with Crippen LogP contribution in [-0.2, 0) is 13.0 Å². The first-order chi connectivity index (χ1) is 13.5. The molecular formula is C19H24N6O3. The van der Waals surface area contributed by atoms with E-state index in [1.807, 2.05) is 9.47 Å². The highest BCUT2D eigenvalue weighted by atomic mass is 16.5. The van der Waals surface area contributed by atoms with Crippen LogP contribution >= 0.6 is 0 Å². The maximum absolute atomic E-state index is 12.7. The number of urea groups is 1. The molecule has 1 fully saturated rings. The summed E-state index contributed by atoms with van der Waals surface area (Å²) in [5.74, 6) is 2.21. The molecule has 0 aliphatic carbocycles. The summed E-state index contributed by atoms with van der Waals surface area (Å²) in [6.07, 6.45) is 0.727. The van der Waals surface area contributed by atoms with Crippen molar-refractivity contribution in [1.82, 2.24) is 24.6 Å². The molecule has 9 nitrogen and oxygen atoms in total. The maximum atomic E-state index is 12.7. The predicted molar refractivity (Wildman–Crippen MR) is 102 cm³/mol. The molecule has 0 bridgehead atoms. The second-order valence-corrected chi connectivity index (χ2v) is 7.54. The van der Waals surface area contributed by atoms with E-state index in [-0.39, 0.29) is 11.9 Å². The molecule has 2 aliphatic rings. The zero-order valence-electron chi connectivity index (χ0n) is 16.3. The molecule has 148 valence electrons. The molecule has 3 heterocycles. The van der Waals surface area contributed by atoms with Crippen LogP contribution in [0.5, 0.6) is 5.75 Å². The number of aromatic nitrogens is 3. The lowest BCUT2D eigenvalue weighted by Crippen LogP contribution is -2.37. The lowest BCUT2D eigenvalue weighted by atomic mass is 9.89. The van der Waals surface area contributed by atoms with Crippen LogP contribution in [0.1, 0.15) is 16.4 Å². The van der Waals surface area contributed by atoms with E-state index in [2.05, 4.69) is 15.5 Å². The van der Waals surface area contributed by atoms with E-state index >= 15 is 0 Å². The van der Waals surface area contributed by atoms with Gasteiger partial charge in [0, 0.05) is 45.8 Å². The molecule has 1 aromatic heterocycles. The average Bonchev–Trinajstić information content (AvgIpc) is 3.29. The number of nitrogens with zero attached hydrogens (tertiary/aromatic N) is 5. The molecule has 1 aromatic carbocycles. The van der Waals surface area contributed by atoms with Crippen molar-refractivity contribution in [2.45, 2.75) is 13.0 Å². The number of rotatable bonds is 3. The van der Waals surface area contributed by atoms with Gasteiger partial charge in [-0.3, -0.25) is 4.79 Å². The van der Waals surface area contributed by atoms with Crippen LogP contribution in [0.15, 0.2) is 24.3 Å². The second-order valence-electron chi connectivity index (χ2n) is 7.54. The summed E-state index contributed by atoms with van der Waals surface area (Å²) in [5.41, 5.74) is 0.667. The Labute approximate surface area is 163 Å². The van der Waals surface area contributed by atoms with Gasteiger partial charge in [-0.2, -0.15) is 0 Å². The highest BCUT2D eigenvalue weighted by Crippen LogP contribution is 2.33. The molecule has 3 amide bonds. The molecule has 2 aromatic rings. The van der Waals surface area contributed by atoms with Gasteiger partial charge in [0.2, 0.25) is 5.82 Å². The Kier molecular flexibility index (Phi) is 4.66. The lowest BCUT2D eigenvalue weighted by Gasteiger charge is -2.25. The number of hydrogen-bond donors (Lipinski definition) is 1. The van der Waals surface area contributed by atoms with Crippen molar-refractivity contribution >= 4 is 17.6 Å². The van der Waals surface area contributed by atoms with Gasteiger partial charge in [-0.25, -0.2) is 4.79 Å². The van der Waals surface area contributed by atoms with Crippen LogP contribution < -0.4 is 10.1 Å². The molecule has 0 saturated carbocycles. The molecule has 28 heavy (non-hydrogen) atoms. The third kappa shape index (κ3) is 3.28. The Balaban J connectivity index is 1.47. The van der Waals surface area contributed by atoms with Gasteiger partial charge in [0.25, 0.3) is 5.91 Å². The number of amides is 3. The normalized spacial score (nSPS) is 20.3. The van der Waals surface area contributed by atoms with Gasteiger partial charge in [-0.05, 0) is 36.1 Å². The third-order valence-electron chi connectivity index (χ3n) is 5.47. The number of likely N-dealkylation sites (tertiary alicyclic amines) is 1. The van der Waals surface area contributed by atoms with Crippen molar-refractivity contribution in [3.8, 4) is 5.75 Å². The number of anilines is 1. The van der Waals surface area contributed by atoms with E-state index in [4.69, 9.17) is 4.74 Å². The zero-order valence-corrected chi connectivity index (χ0v) is 16.3. The van der Waals surface area contributed by atoms with Crippen LogP contribution in [0.4, 0.5) is 10.5 Å². The fourth-order valence-electron chi connectivity index (χ4n) is 3.99. The number of carbonyl (C=O) groups is 2. The van der Waals surface area contributed by atoms with E-state index in [1.165, 1.54) is 0 Å². The molecule has 0 radical (unpaired) electrons. The Morgan fingerprint density at radius 1 is 1.11 bits per heavy atom. The first kappa shape index (κ1) is 18.3. The van der Waals surface area contributed by atoms with E-state index < -0.39 is 0 Å². The molecule has 0 spiro atoms. The number of methoxy groups -OCH3 is 1. The van der Waals surface area contributed by atoms with Crippen molar-refractivity contribution in [3.05, 3.63) is 35.9 Å². The van der Waals surface area contributed by atoms with Crippen molar-refractivity contribution in [2.75, 3.05) is 39.6 Å². The number of nitrogens with one attached hydrogen (secondary N) is 1. The Morgan fingerprint density at radius 3 is 2.50 bits per heavy atom. The summed E-state index contributed by atoms with van der Waals surface area (Å²) < 4.78 is 7.02. The topological polar surface area (TPSA) is 92.6 Å². The highest BCUT2D eigenvalue weighted by molar-refractivity contribution is 6.01. The predicted octanol–water partition coefficient (Wildman–Crippen LogP) is 1.32. The molecule has 0 unspecified atom stereocenters. The van der Waals surface area contributed by atoms with Crippen LogP contribution in [0.3, 0.4) is 0 Å². The fourth-order valence-corrected chi connectivity index (χ4v) is 3.99. The standard InChI is InChI=1S/C19H24N6O3/c1-23(2)19(27)24-9-12-8-16-21-22-17(25(16)11-13(12)10-24)18(26)20-14-4-6-15(28-3)7-5-14/h4-7,12-13H,8-11H2,1-3H3,(H,20,26)/t12-,13-/m1/s1. The molecule has 1 saturated heterocycles. The van der Waals surface area contributed by atoms with Crippen molar-refractivity contribution in [2.24, 2.45) is 11.8 Å². The minimum absolute atomic E-state index is 0.0302. The van der Waals surface area contributed by atoms with E-state index in [0.29, 0.717) is 36.4 Å². The summed E-state index contributed by atoms with van der Waals surface area (Å²) in [5, 5.41) is 11.2. The van der Waals surface area contributed by atoms with Gasteiger partial charge >= 0.3 is 6.03 Å². The SMILES string of the molecule is COc1ccc(NC(=O)c2nnc3n2C[C@H]2CN(C(=O)N(C)C)C[C@H]2C3)cc1. The van der Waals surface area contributed by atoms with Gasteiger partial charge in [0.05, 0.1) is 7.11 Å². The number of fused-ring (bicyclic) bond motifs is 2. The minimum Gasteiger partial charge on any atom is -0.497 e. The first-order valence-electron chi connectivity index (χ1n) is 9.30. The van der Waals surface area contributed by atoms with E-state index in [1.54, 1.807) is 50.4 Å². The largest absolute Gasteiger partial charge is 0.497 e. The monoisotopic (exact) mass is 384 g/mol. The van der Waals surface area contributed by atoms with Crippen LogP contribution in [0, 0.1) is 11.8 Å². The molecule has 9 heteroatoms. The van der Waals surface area contributed by atoms with Crippen LogP contribution in [0.25, 0.3) is 0 Å². The third-order valence-corrected chi connectivity index (χ3v) is 5.47. The summed E-state index contributed by atoms with van der Waals surface area (Å²) in [6, 6.07) is 7.16. The van der Waals surface area contributed by atoms with Crippen molar-refractivity contribution in [3.63, 3.8) is 0 Å². The minimum atomic E-state index is -0.290. The average molecular weight is 384 g/mol. The van der Waals surface area contributed by atoms with Gasteiger partial charge in [0.1, 0.15) is 11.6 Å². The molecule has 1 N–H and O–H groups in total. The van der Waals surface area contributed by atoms with Crippen LogP contribution in [-0.4, -0.2) is 70.8 Å². The van der Waals surface area contributed by atoms with Crippen molar-refractivity contribution < 1.29 is 14.3 Å². The Morgan fingerprint density at radius 2 is 1.82 bits per heavy atom. The summed E-state index contributed by atoms with van der Waals surface area (Å²) in [4.78, 5) is 28.5. The molecular weight excluding hydrogens is 360 g/mol. The number of ether oxygens (including phenoxy) is 1. The molecule has 2 atom stereocenters. The van der Waals surface area contributed by atoms with E-state index in [9.17, 15) is 9.59 Å². The number of hydrogen-bond acceptors (Lipinski definition) is 5. The van der Waals surface area contributed by atoms with Crippen LogP contribution in [0.2, 0.25) is 0 Å². The highest BCUT2D eigenvalue weighted by Gasteiger charge is 2.41. The quantitative estimate of drug-likeness (QED) is 0.862. The van der Waals surface area contributed by atoms with Crippen molar-refractivity contribution in [1.29, 1.82) is 0 Å². The molecule has 4 rings (SSSR count). The Hall–Kier alpha value is -3.10. The number of benzene rings is 1. The smallest absolute Gasteiger partial charge is 0.319 e. The Bertz CT molecular complexity index is 892. The number of carbonyl (C=O) groups excluding carboxylic acids is 2. The zero-order chi connectivity index (χ0) is 19.8. The summed E-state index contributed by atoms with van der Waals surface area (Å²) in [6.45, 7) is 2.07. The van der Waals surface area contributed by atoms with Gasteiger partial charge in [-0.1, -0.05) is 0 Å². The van der Waals surface area contributed by atoms with E-state index in [0.717, 1.165) is 24.5 Å². The first-order valence-corrected chi connectivity index (χ1v) is 9.30. The fraction of sp³-hybridized carbons (Fsp3) is 0.474. The lowest BCUT2D eigenvalue weighted by molar-refractivity contribution is 0.100. The van der Waals surface area contributed by atoms with Gasteiger partial charge in [-0.15, -0.1) is 10.2 Å². The summed E-state index contributed by atoms with van der Waals surface area (Å²) in [7, 11) is 5.13. The molecule has 2 aliphatic heterocycles. The second kappa shape index (κ2) is 7.14. The van der Waals surface area contributed by atoms with Gasteiger partial charge < -0.3 is 24.4 Å². The maximum Gasteiger partial charge on any atom is 0.319 e.